The van der Waals surface area contributed by atoms with Crippen molar-refractivity contribution in [3.05, 3.63) is 18.2 Å². The van der Waals surface area contributed by atoms with E-state index in [1.54, 1.807) is 14.2 Å². The second kappa shape index (κ2) is 5.00. The Morgan fingerprint density at radius 1 is 1.32 bits per heavy atom. The molecule has 1 saturated heterocycles. The third kappa shape index (κ3) is 2.46. The summed E-state index contributed by atoms with van der Waals surface area (Å²) in [7, 11) is 3.31. The van der Waals surface area contributed by atoms with Gasteiger partial charge in [0.1, 0.15) is 11.5 Å². The maximum absolute atomic E-state index is 9.16. The molecule has 102 valence electrons. The minimum absolute atomic E-state index is 0.0555. The Kier molecular flexibility index (Phi) is 3.57. The van der Waals surface area contributed by atoms with Crippen molar-refractivity contribution in [2.45, 2.75) is 25.8 Å². The zero-order chi connectivity index (χ0) is 14.0. The fourth-order valence-electron chi connectivity index (χ4n) is 2.76. The highest BCUT2D eigenvalue weighted by molar-refractivity contribution is 5.64. The summed E-state index contributed by atoms with van der Waals surface area (Å²) in [5, 5.41) is 9.16. The molecular formula is C15H20N2O2. The molecule has 0 N–H and O–H groups in total. The second-order valence-corrected chi connectivity index (χ2v) is 5.49. The van der Waals surface area contributed by atoms with Gasteiger partial charge in [0.2, 0.25) is 0 Å². The standard InChI is InChI=1S/C15H20N2O2/c1-15(2)8-11(9-16)10-17(15)13-7-12(18-3)5-6-14(13)19-4/h5-7,11H,8,10H2,1-4H3. The molecule has 2 rings (SSSR count). The van der Waals surface area contributed by atoms with Gasteiger partial charge in [0.15, 0.2) is 0 Å². The average Bonchev–Trinajstić information content (AvgIpc) is 2.73. The fraction of sp³-hybridized carbons (Fsp3) is 0.533. The zero-order valence-corrected chi connectivity index (χ0v) is 11.9. The van der Waals surface area contributed by atoms with Crippen molar-refractivity contribution >= 4 is 5.69 Å². The summed E-state index contributed by atoms with van der Waals surface area (Å²) < 4.78 is 10.7. The van der Waals surface area contributed by atoms with E-state index in [4.69, 9.17) is 14.7 Å². The van der Waals surface area contributed by atoms with Gasteiger partial charge < -0.3 is 14.4 Å². The van der Waals surface area contributed by atoms with Gasteiger partial charge >= 0.3 is 0 Å². The molecule has 1 aromatic rings. The van der Waals surface area contributed by atoms with Crippen LogP contribution in [0, 0.1) is 17.2 Å². The molecule has 1 aliphatic rings. The summed E-state index contributed by atoms with van der Waals surface area (Å²) in [6, 6.07) is 8.13. The van der Waals surface area contributed by atoms with E-state index in [2.05, 4.69) is 24.8 Å². The first-order valence-corrected chi connectivity index (χ1v) is 6.41. The summed E-state index contributed by atoms with van der Waals surface area (Å²) in [5.41, 5.74) is 0.935. The topological polar surface area (TPSA) is 45.5 Å². The number of methoxy groups -OCH3 is 2. The van der Waals surface area contributed by atoms with Crippen LogP contribution in [0.1, 0.15) is 20.3 Å². The average molecular weight is 260 g/mol. The highest BCUT2D eigenvalue weighted by Crippen LogP contribution is 2.42. The minimum Gasteiger partial charge on any atom is -0.497 e. The molecule has 1 atom stereocenters. The molecule has 1 unspecified atom stereocenters. The van der Waals surface area contributed by atoms with Crippen molar-refractivity contribution < 1.29 is 9.47 Å². The molecule has 1 aromatic carbocycles. The van der Waals surface area contributed by atoms with Gasteiger partial charge in [-0.15, -0.1) is 0 Å². The Balaban J connectivity index is 2.43. The monoisotopic (exact) mass is 260 g/mol. The number of ether oxygens (including phenoxy) is 2. The van der Waals surface area contributed by atoms with Crippen LogP contribution in [0.5, 0.6) is 11.5 Å². The van der Waals surface area contributed by atoms with E-state index >= 15 is 0 Å². The SMILES string of the molecule is COc1ccc(OC)c(N2CC(C#N)CC2(C)C)c1. The number of nitriles is 1. The number of hydrogen-bond donors (Lipinski definition) is 0. The van der Waals surface area contributed by atoms with Crippen LogP contribution >= 0.6 is 0 Å². The number of rotatable bonds is 3. The Morgan fingerprint density at radius 2 is 2.05 bits per heavy atom. The number of anilines is 1. The van der Waals surface area contributed by atoms with Gasteiger partial charge in [-0.1, -0.05) is 0 Å². The summed E-state index contributed by atoms with van der Waals surface area (Å²) in [4.78, 5) is 2.24. The van der Waals surface area contributed by atoms with E-state index in [0.717, 1.165) is 30.2 Å². The lowest BCUT2D eigenvalue weighted by Gasteiger charge is -2.34. The van der Waals surface area contributed by atoms with E-state index in [9.17, 15) is 0 Å². The molecule has 0 radical (unpaired) electrons. The van der Waals surface area contributed by atoms with Gasteiger partial charge in [-0.3, -0.25) is 0 Å². The molecule has 0 bridgehead atoms. The van der Waals surface area contributed by atoms with Gasteiger partial charge in [0.05, 0.1) is 31.9 Å². The van der Waals surface area contributed by atoms with Crippen LogP contribution in [-0.2, 0) is 0 Å². The summed E-state index contributed by atoms with van der Waals surface area (Å²) in [5.74, 6) is 1.67. The molecule has 0 amide bonds. The van der Waals surface area contributed by atoms with Gasteiger partial charge in [-0.05, 0) is 32.4 Å². The van der Waals surface area contributed by atoms with E-state index in [1.165, 1.54) is 0 Å². The Morgan fingerprint density at radius 3 is 2.58 bits per heavy atom. The van der Waals surface area contributed by atoms with Gasteiger partial charge in [0.25, 0.3) is 0 Å². The molecule has 1 aliphatic heterocycles. The summed E-state index contributed by atoms with van der Waals surface area (Å²) >= 11 is 0. The number of nitrogens with zero attached hydrogens (tertiary/aromatic N) is 2. The first kappa shape index (κ1) is 13.5. The lowest BCUT2D eigenvalue weighted by atomic mass is 9.97. The van der Waals surface area contributed by atoms with Crippen molar-refractivity contribution in [2.24, 2.45) is 5.92 Å². The first-order chi connectivity index (χ1) is 9.01. The lowest BCUT2D eigenvalue weighted by molar-refractivity contribution is 0.399. The summed E-state index contributed by atoms with van der Waals surface area (Å²) in [6.07, 6.45) is 0.865. The Bertz CT molecular complexity index is 505. The molecule has 1 heterocycles. The van der Waals surface area contributed by atoms with Crippen LogP contribution < -0.4 is 14.4 Å². The maximum Gasteiger partial charge on any atom is 0.142 e. The van der Waals surface area contributed by atoms with E-state index < -0.39 is 0 Å². The van der Waals surface area contributed by atoms with Crippen molar-refractivity contribution in [1.29, 1.82) is 5.26 Å². The molecule has 19 heavy (non-hydrogen) atoms. The Labute approximate surface area is 114 Å². The van der Waals surface area contributed by atoms with Crippen molar-refractivity contribution in [3.8, 4) is 17.6 Å². The zero-order valence-electron chi connectivity index (χ0n) is 11.9. The summed E-state index contributed by atoms with van der Waals surface area (Å²) in [6.45, 7) is 5.04. The third-order valence-corrected chi connectivity index (χ3v) is 3.74. The lowest BCUT2D eigenvalue weighted by Crippen LogP contribution is -2.38. The number of hydrogen-bond acceptors (Lipinski definition) is 4. The Hall–Kier alpha value is -1.89. The van der Waals surface area contributed by atoms with Gasteiger partial charge in [-0.25, -0.2) is 0 Å². The van der Waals surface area contributed by atoms with Crippen LogP contribution in [0.3, 0.4) is 0 Å². The smallest absolute Gasteiger partial charge is 0.142 e. The number of benzene rings is 1. The van der Waals surface area contributed by atoms with E-state index in [-0.39, 0.29) is 11.5 Å². The maximum atomic E-state index is 9.16. The molecule has 4 nitrogen and oxygen atoms in total. The predicted molar refractivity (Wildman–Crippen MR) is 74.7 cm³/mol. The van der Waals surface area contributed by atoms with Crippen molar-refractivity contribution in [2.75, 3.05) is 25.7 Å². The van der Waals surface area contributed by atoms with Crippen LogP contribution in [0.2, 0.25) is 0 Å². The highest BCUT2D eigenvalue weighted by Gasteiger charge is 2.39. The highest BCUT2D eigenvalue weighted by atomic mass is 16.5. The van der Waals surface area contributed by atoms with Gasteiger partial charge in [0, 0.05) is 18.2 Å². The van der Waals surface area contributed by atoms with E-state index in [1.807, 2.05) is 18.2 Å². The first-order valence-electron chi connectivity index (χ1n) is 6.41. The molecule has 0 aliphatic carbocycles. The van der Waals surface area contributed by atoms with Crippen molar-refractivity contribution in [1.82, 2.24) is 0 Å². The van der Waals surface area contributed by atoms with Crippen molar-refractivity contribution in [3.63, 3.8) is 0 Å². The quantitative estimate of drug-likeness (QED) is 0.838. The molecule has 0 saturated carbocycles. The van der Waals surface area contributed by atoms with Crippen LogP contribution in [-0.4, -0.2) is 26.3 Å². The normalized spacial score (nSPS) is 21.0. The third-order valence-electron chi connectivity index (χ3n) is 3.74. The molecule has 0 spiro atoms. The minimum atomic E-state index is -0.0555. The molecular weight excluding hydrogens is 240 g/mol. The molecule has 4 heteroatoms. The van der Waals surface area contributed by atoms with Crippen LogP contribution in [0.25, 0.3) is 0 Å². The fourth-order valence-corrected chi connectivity index (χ4v) is 2.76. The van der Waals surface area contributed by atoms with Gasteiger partial charge in [-0.2, -0.15) is 5.26 Å². The van der Waals surface area contributed by atoms with Crippen LogP contribution in [0.4, 0.5) is 5.69 Å². The predicted octanol–water partition coefficient (Wildman–Crippen LogP) is 2.83. The largest absolute Gasteiger partial charge is 0.497 e. The molecule has 1 fully saturated rings. The van der Waals surface area contributed by atoms with Crippen LogP contribution in [0.15, 0.2) is 18.2 Å². The molecule has 0 aromatic heterocycles. The second-order valence-electron chi connectivity index (χ2n) is 5.49. The van der Waals surface area contributed by atoms with E-state index in [0.29, 0.717) is 0 Å².